The fraction of sp³-hybridized carbons (Fsp3) is 0.400. The smallest absolute Gasteiger partial charge is 0.338 e. The van der Waals surface area contributed by atoms with Crippen molar-refractivity contribution in [3.63, 3.8) is 0 Å². The number of anilines is 3. The monoisotopic (exact) mass is 791 g/mol. The van der Waals surface area contributed by atoms with E-state index in [9.17, 15) is 39.3 Å². The molecule has 13 nitrogen and oxygen atoms in total. The van der Waals surface area contributed by atoms with Gasteiger partial charge in [-0.3, -0.25) is 19.2 Å². The first-order chi connectivity index (χ1) is 27.3. The molecule has 0 aliphatic heterocycles. The number of nitrogens with one attached hydrogen (secondary N) is 2. The summed E-state index contributed by atoms with van der Waals surface area (Å²) in [5.74, 6) is -4.37. The van der Waals surface area contributed by atoms with Gasteiger partial charge in [-0.2, -0.15) is 0 Å². The molecule has 4 aliphatic carbocycles. The second-order valence-corrected chi connectivity index (χ2v) is 16.9. The molecule has 0 heterocycles. The highest BCUT2D eigenvalue weighted by Crippen LogP contribution is 2.71. The summed E-state index contributed by atoms with van der Waals surface area (Å²) in [6, 6.07) is 17.0. The quantitative estimate of drug-likeness (QED) is 0.104. The number of carbonyl (C=O) groups is 5. The largest absolute Gasteiger partial charge is 0.506 e. The Balaban J connectivity index is 1.15. The molecule has 0 saturated heterocycles. The van der Waals surface area contributed by atoms with Gasteiger partial charge in [0.25, 0.3) is 11.8 Å². The number of aliphatic hydroxyl groups excluding tert-OH is 1. The lowest BCUT2D eigenvalue weighted by Gasteiger charge is -2.48. The van der Waals surface area contributed by atoms with Crippen LogP contribution in [0, 0.1) is 34.5 Å². The number of benzene rings is 3. The third kappa shape index (κ3) is 6.37. The van der Waals surface area contributed by atoms with E-state index in [1.165, 1.54) is 49.4 Å². The van der Waals surface area contributed by atoms with E-state index >= 15 is 0 Å². The van der Waals surface area contributed by atoms with Gasteiger partial charge < -0.3 is 40.3 Å². The number of fused-ring (bicyclic) bond motifs is 3. The molecule has 58 heavy (non-hydrogen) atoms. The Hall–Kier alpha value is -5.79. The highest BCUT2D eigenvalue weighted by molar-refractivity contribution is 6.15. The molecule has 3 aromatic rings. The van der Waals surface area contributed by atoms with Crippen LogP contribution in [-0.2, 0) is 19.1 Å². The summed E-state index contributed by atoms with van der Waals surface area (Å²) in [6.45, 7) is 8.61. The van der Waals surface area contributed by atoms with E-state index in [4.69, 9.17) is 9.47 Å². The summed E-state index contributed by atoms with van der Waals surface area (Å²) in [4.78, 5) is 69.7. The second kappa shape index (κ2) is 14.5. The van der Waals surface area contributed by atoms with Crippen molar-refractivity contribution < 1.29 is 48.8 Å². The number of carbonyl (C=O) groups excluding carboxylic acids is 5. The Morgan fingerprint density at radius 2 is 1.62 bits per heavy atom. The van der Waals surface area contributed by atoms with Crippen molar-refractivity contribution in [2.24, 2.45) is 34.5 Å². The Labute approximate surface area is 336 Å². The molecule has 0 unspecified atom stereocenters. The van der Waals surface area contributed by atoms with Crippen LogP contribution in [0.2, 0.25) is 0 Å². The summed E-state index contributed by atoms with van der Waals surface area (Å²) < 4.78 is 11.4. The molecule has 7 rings (SSSR count). The molecule has 4 aliphatic rings. The number of allylic oxidation sites excluding steroid dienone is 1. The molecule has 0 radical (unpaired) electrons. The van der Waals surface area contributed by atoms with Gasteiger partial charge in [-0.25, -0.2) is 4.79 Å². The number of hydrogen-bond donors (Lipinski definition) is 5. The minimum atomic E-state index is -2.35. The van der Waals surface area contributed by atoms with Crippen LogP contribution in [0.25, 0.3) is 0 Å². The minimum absolute atomic E-state index is 0.0141. The zero-order chi connectivity index (χ0) is 42.1. The van der Waals surface area contributed by atoms with Crippen LogP contribution < -0.4 is 15.5 Å². The van der Waals surface area contributed by atoms with E-state index in [1.54, 1.807) is 62.3 Å². The molecule has 0 aromatic heterocycles. The molecule has 5 N–H and O–H groups in total. The summed E-state index contributed by atoms with van der Waals surface area (Å²) in [5.41, 5.74) is -2.65. The van der Waals surface area contributed by atoms with Crippen LogP contribution in [0.5, 0.6) is 5.75 Å². The molecular weight excluding hydrogens is 743 g/mol. The van der Waals surface area contributed by atoms with Crippen LogP contribution in [0.15, 0.2) is 90.0 Å². The Bertz CT molecular complexity index is 2300. The zero-order valence-electron chi connectivity index (χ0n) is 33.5. The number of aliphatic hydroxyl groups is 2. The van der Waals surface area contributed by atoms with E-state index in [0.29, 0.717) is 23.2 Å². The number of rotatable bonds is 9. The lowest BCUT2D eigenvalue weighted by atomic mass is 9.59. The topological polar surface area (TPSA) is 192 Å². The van der Waals surface area contributed by atoms with E-state index < -0.39 is 58.8 Å². The highest BCUT2D eigenvalue weighted by Gasteiger charge is 2.76. The third-order valence-corrected chi connectivity index (χ3v) is 12.9. The molecule has 8 atom stereocenters. The van der Waals surface area contributed by atoms with Gasteiger partial charge >= 0.3 is 11.9 Å². The van der Waals surface area contributed by atoms with E-state index in [2.05, 4.69) is 24.5 Å². The minimum Gasteiger partial charge on any atom is -0.506 e. The Morgan fingerprint density at radius 3 is 2.33 bits per heavy atom. The number of phenolic OH excluding ortho intramolecular Hbond substituents is 1. The van der Waals surface area contributed by atoms with Crippen LogP contribution in [0.1, 0.15) is 72.1 Å². The van der Waals surface area contributed by atoms with Crippen molar-refractivity contribution in [2.45, 2.75) is 58.8 Å². The Morgan fingerprint density at radius 1 is 0.948 bits per heavy atom. The molecule has 2 fully saturated rings. The maximum Gasteiger partial charge on any atom is 0.338 e. The first-order valence-electron chi connectivity index (χ1n) is 19.3. The fourth-order valence-electron chi connectivity index (χ4n) is 9.96. The summed E-state index contributed by atoms with van der Waals surface area (Å²) >= 11 is 0. The SMILES string of the molecule is CC(=O)OCC1=C[C@H]2C(=O)[C@]3(C=C(C)[C@H](OC(=O)c4cccc(NC(=O)c5cccc(O)c5NC(=O)c5ccccc5N(C)C)c4)[C@@]3(O)[C@H]1O)[C@H](C)C[C@@H]1[C@H]2C1(C)C. The molecular formula is C45H49N3O10. The summed E-state index contributed by atoms with van der Waals surface area (Å²) in [5, 5.41) is 41.2. The van der Waals surface area contributed by atoms with Crippen LogP contribution >= 0.6 is 0 Å². The Kier molecular flexibility index (Phi) is 10.1. The van der Waals surface area contributed by atoms with Crippen LogP contribution in [0.4, 0.5) is 17.1 Å². The molecule has 2 saturated carbocycles. The number of esters is 2. The van der Waals surface area contributed by atoms with Gasteiger partial charge in [0, 0.05) is 38.3 Å². The van der Waals surface area contributed by atoms with Gasteiger partial charge in [0.15, 0.2) is 17.5 Å². The average molecular weight is 792 g/mol. The number of nitrogens with zero attached hydrogens (tertiary/aromatic N) is 1. The maximum atomic E-state index is 14.9. The number of ketones is 1. The molecule has 13 heteroatoms. The predicted molar refractivity (Wildman–Crippen MR) is 215 cm³/mol. The van der Waals surface area contributed by atoms with Crippen LogP contribution in [0.3, 0.4) is 0 Å². The molecule has 2 amide bonds. The van der Waals surface area contributed by atoms with Gasteiger partial charge in [-0.15, -0.1) is 0 Å². The zero-order valence-corrected chi connectivity index (χ0v) is 33.5. The number of para-hydroxylation sites is 2. The number of hydrogen-bond acceptors (Lipinski definition) is 11. The number of amides is 2. The standard InChI is InChI=1S/C45H49N3O10/c1-23-21-44-24(2)18-32-35(43(32,4)5)31(38(44)52)20-27(22-57-25(3)49)37(51)45(44,56)39(23)58-42(55)26-12-10-13-28(19-26)46-41(54)30-15-11-17-34(50)36(30)47-40(53)29-14-8-9-16-33(29)48(6)7/h8-17,19-21,24,31-32,35,37,39,50-51,56H,18,22H2,1-7H3,(H,46,54)(H,47,53)/t24-,31-,32-,35+,37+,39+,44+,45+/m1/s1. The molecule has 2 bridgehead atoms. The van der Waals surface area contributed by atoms with Crippen molar-refractivity contribution in [1.82, 2.24) is 0 Å². The number of aromatic hydroxyl groups is 1. The van der Waals surface area contributed by atoms with Crippen LogP contribution in [-0.4, -0.2) is 83.4 Å². The van der Waals surface area contributed by atoms with Gasteiger partial charge in [0.1, 0.15) is 18.5 Å². The first-order valence-corrected chi connectivity index (χ1v) is 19.3. The van der Waals surface area contributed by atoms with Crippen molar-refractivity contribution in [3.8, 4) is 5.75 Å². The number of ether oxygens (including phenoxy) is 2. The summed E-state index contributed by atoms with van der Waals surface area (Å²) in [7, 11) is 3.58. The van der Waals surface area contributed by atoms with Gasteiger partial charge in [0.05, 0.1) is 27.8 Å². The lowest BCUT2D eigenvalue weighted by Crippen LogP contribution is -2.65. The van der Waals surface area contributed by atoms with E-state index in [-0.39, 0.29) is 63.5 Å². The lowest BCUT2D eigenvalue weighted by molar-refractivity contribution is -0.191. The van der Waals surface area contributed by atoms with Gasteiger partial charge in [0.2, 0.25) is 0 Å². The highest BCUT2D eigenvalue weighted by atomic mass is 16.6. The van der Waals surface area contributed by atoms with Crippen molar-refractivity contribution in [2.75, 3.05) is 36.2 Å². The van der Waals surface area contributed by atoms with Crippen molar-refractivity contribution in [1.29, 1.82) is 0 Å². The first kappa shape index (κ1) is 40.4. The molecule has 3 aromatic carbocycles. The number of phenols is 1. The fourth-order valence-corrected chi connectivity index (χ4v) is 9.96. The second-order valence-electron chi connectivity index (χ2n) is 16.9. The number of Topliss-reactive ketones (excluding diaryl/α,β-unsaturated/α-hetero) is 1. The van der Waals surface area contributed by atoms with E-state index in [1.807, 2.05) is 6.92 Å². The molecule has 1 spiro atoms. The average Bonchev–Trinajstić information content (AvgIpc) is 3.67. The van der Waals surface area contributed by atoms with Gasteiger partial charge in [-0.05, 0) is 90.1 Å². The predicted octanol–water partition coefficient (Wildman–Crippen LogP) is 5.53. The van der Waals surface area contributed by atoms with Crippen molar-refractivity contribution in [3.05, 3.63) is 107 Å². The van der Waals surface area contributed by atoms with Crippen molar-refractivity contribution >= 4 is 46.6 Å². The molecule has 304 valence electrons. The summed E-state index contributed by atoms with van der Waals surface area (Å²) in [6.07, 6.45) is 0.696. The van der Waals surface area contributed by atoms with E-state index in [0.717, 1.165) is 0 Å². The third-order valence-electron chi connectivity index (χ3n) is 12.9. The maximum absolute atomic E-state index is 14.9. The van der Waals surface area contributed by atoms with Gasteiger partial charge in [-0.1, -0.05) is 57.2 Å². The normalized spacial score (nSPS) is 28.9.